The van der Waals surface area contributed by atoms with E-state index in [-0.39, 0.29) is 12.0 Å². The number of aromatic amines is 1. The quantitative estimate of drug-likeness (QED) is 0.495. The summed E-state index contributed by atoms with van der Waals surface area (Å²) in [6, 6.07) is 7.75. The molecule has 2 aromatic rings. The zero-order chi connectivity index (χ0) is 13.0. The van der Waals surface area contributed by atoms with Gasteiger partial charge in [-0.05, 0) is 11.6 Å². The fourth-order valence-electron chi connectivity index (χ4n) is 1.99. The number of ether oxygens (including phenoxy) is 1. The number of hydrogen-bond donors (Lipinski definition) is 2. The minimum Gasteiger partial charge on any atom is -0.468 e. The molecule has 1 aromatic carbocycles. The Kier molecular flexibility index (Phi) is 4.23. The molecular weight excluding hydrogens is 252 g/mol. The van der Waals surface area contributed by atoms with E-state index in [0.29, 0.717) is 6.42 Å². The van der Waals surface area contributed by atoms with Crippen molar-refractivity contribution in [2.75, 3.05) is 13.1 Å². The first-order valence-corrected chi connectivity index (χ1v) is 6.22. The molecule has 0 bridgehead atoms. The number of halogens is 1. The van der Waals surface area contributed by atoms with Gasteiger partial charge in [0.15, 0.2) is 0 Å². The van der Waals surface area contributed by atoms with Crippen molar-refractivity contribution in [2.24, 2.45) is 0 Å². The fraction of sp³-hybridized carbons (Fsp3) is 0.308. The first-order valence-electron chi connectivity index (χ1n) is 5.68. The molecule has 1 aromatic heterocycles. The summed E-state index contributed by atoms with van der Waals surface area (Å²) in [5.41, 5.74) is 2.13. The number of para-hydroxylation sites is 1. The van der Waals surface area contributed by atoms with Crippen molar-refractivity contribution >= 4 is 28.5 Å². The normalized spacial score (nSPS) is 12.6. The van der Waals surface area contributed by atoms with E-state index < -0.39 is 6.04 Å². The van der Waals surface area contributed by atoms with Gasteiger partial charge in [0.2, 0.25) is 0 Å². The van der Waals surface area contributed by atoms with Crippen LogP contribution in [0, 0.1) is 0 Å². The van der Waals surface area contributed by atoms with Crippen molar-refractivity contribution in [1.29, 1.82) is 0 Å². The lowest BCUT2D eigenvalue weighted by Crippen LogP contribution is -2.38. The Hall–Kier alpha value is -1.52. The van der Waals surface area contributed by atoms with Gasteiger partial charge in [0.05, 0.1) is 13.1 Å². The first-order chi connectivity index (χ1) is 8.76. The lowest BCUT2D eigenvalue weighted by Gasteiger charge is -2.14. The van der Waals surface area contributed by atoms with Crippen LogP contribution in [0.1, 0.15) is 5.56 Å². The Labute approximate surface area is 110 Å². The summed E-state index contributed by atoms with van der Waals surface area (Å²) in [7, 11) is 1.38. The predicted octanol–water partition coefficient (Wildman–Crippen LogP) is 2.04. The highest BCUT2D eigenvalue weighted by Crippen LogP contribution is 2.19. The van der Waals surface area contributed by atoms with Crippen LogP contribution in [-0.4, -0.2) is 30.1 Å². The molecule has 0 spiro atoms. The SMILES string of the molecule is COC(=O)[C@H](Cc1c[nH]c2ccccc12)NCCl. The summed E-state index contributed by atoms with van der Waals surface area (Å²) < 4.78 is 4.76. The van der Waals surface area contributed by atoms with Crippen LogP contribution in [0.2, 0.25) is 0 Å². The summed E-state index contributed by atoms with van der Waals surface area (Å²) in [6.07, 6.45) is 2.46. The fourth-order valence-corrected chi connectivity index (χ4v) is 2.18. The first kappa shape index (κ1) is 12.9. The van der Waals surface area contributed by atoms with Crippen molar-refractivity contribution in [3.8, 4) is 0 Å². The Morgan fingerprint density at radius 1 is 1.50 bits per heavy atom. The van der Waals surface area contributed by atoms with Crippen LogP contribution in [0.25, 0.3) is 10.9 Å². The number of carbonyl (C=O) groups is 1. The second-order valence-corrected chi connectivity index (χ2v) is 4.24. The third kappa shape index (κ3) is 2.66. The van der Waals surface area contributed by atoms with Crippen LogP contribution >= 0.6 is 11.6 Å². The number of fused-ring (bicyclic) bond motifs is 1. The number of nitrogens with one attached hydrogen (secondary N) is 2. The van der Waals surface area contributed by atoms with E-state index in [0.717, 1.165) is 16.5 Å². The van der Waals surface area contributed by atoms with Gasteiger partial charge in [0, 0.05) is 23.5 Å². The van der Waals surface area contributed by atoms with E-state index in [1.54, 1.807) is 0 Å². The third-order valence-corrected chi connectivity index (χ3v) is 3.06. The molecule has 1 heterocycles. The maximum Gasteiger partial charge on any atom is 0.323 e. The number of alkyl halides is 1. The van der Waals surface area contributed by atoms with Crippen molar-refractivity contribution in [1.82, 2.24) is 10.3 Å². The summed E-state index contributed by atoms with van der Waals surface area (Å²) >= 11 is 5.63. The Bertz CT molecular complexity index is 539. The molecular formula is C13H15ClN2O2. The summed E-state index contributed by atoms with van der Waals surface area (Å²) in [5.74, 6) is -0.305. The van der Waals surface area contributed by atoms with Crippen LogP contribution < -0.4 is 5.32 Å². The van der Waals surface area contributed by atoms with Crippen LogP contribution in [-0.2, 0) is 16.0 Å². The van der Waals surface area contributed by atoms with Gasteiger partial charge in [-0.2, -0.15) is 0 Å². The lowest BCUT2D eigenvalue weighted by molar-refractivity contribution is -0.143. The predicted molar refractivity (Wildman–Crippen MR) is 71.7 cm³/mol. The molecule has 0 saturated heterocycles. The van der Waals surface area contributed by atoms with Gasteiger partial charge in [-0.3, -0.25) is 10.1 Å². The van der Waals surface area contributed by atoms with Gasteiger partial charge in [0.25, 0.3) is 0 Å². The maximum atomic E-state index is 11.6. The van der Waals surface area contributed by atoms with Crippen LogP contribution in [0.4, 0.5) is 0 Å². The number of hydrogen-bond acceptors (Lipinski definition) is 3. The second-order valence-electron chi connectivity index (χ2n) is 3.98. The van der Waals surface area contributed by atoms with Gasteiger partial charge in [-0.25, -0.2) is 0 Å². The number of H-pyrrole nitrogens is 1. The highest BCUT2D eigenvalue weighted by atomic mass is 35.5. The monoisotopic (exact) mass is 266 g/mol. The summed E-state index contributed by atoms with van der Waals surface area (Å²) in [4.78, 5) is 14.8. The van der Waals surface area contributed by atoms with Crippen molar-refractivity contribution in [3.63, 3.8) is 0 Å². The molecule has 0 aliphatic heterocycles. The van der Waals surface area contributed by atoms with Crippen LogP contribution in [0.5, 0.6) is 0 Å². The lowest BCUT2D eigenvalue weighted by atomic mass is 10.1. The Morgan fingerprint density at radius 2 is 2.28 bits per heavy atom. The average molecular weight is 267 g/mol. The van der Waals surface area contributed by atoms with Crippen molar-refractivity contribution in [2.45, 2.75) is 12.5 Å². The topological polar surface area (TPSA) is 54.1 Å². The summed E-state index contributed by atoms with van der Waals surface area (Å²) in [6.45, 7) is 0. The van der Waals surface area contributed by atoms with E-state index in [1.165, 1.54) is 7.11 Å². The average Bonchev–Trinajstić information content (AvgIpc) is 2.81. The molecule has 0 fully saturated rings. The highest BCUT2D eigenvalue weighted by molar-refractivity contribution is 6.17. The maximum absolute atomic E-state index is 11.6. The molecule has 1 atom stereocenters. The highest BCUT2D eigenvalue weighted by Gasteiger charge is 2.20. The third-order valence-electron chi connectivity index (χ3n) is 2.91. The Balaban J connectivity index is 2.23. The summed E-state index contributed by atoms with van der Waals surface area (Å²) in [5, 5.41) is 4.03. The smallest absolute Gasteiger partial charge is 0.323 e. The number of esters is 1. The molecule has 0 aliphatic carbocycles. The molecule has 2 rings (SSSR count). The molecule has 0 unspecified atom stereocenters. The second kappa shape index (κ2) is 5.89. The van der Waals surface area contributed by atoms with E-state index in [2.05, 4.69) is 10.3 Å². The van der Waals surface area contributed by atoms with Gasteiger partial charge in [-0.1, -0.05) is 18.2 Å². The number of rotatable bonds is 5. The molecule has 96 valence electrons. The zero-order valence-electron chi connectivity index (χ0n) is 10.1. The van der Waals surface area contributed by atoms with Crippen molar-refractivity contribution < 1.29 is 9.53 Å². The minimum absolute atomic E-state index is 0.210. The molecule has 18 heavy (non-hydrogen) atoms. The van der Waals surface area contributed by atoms with Gasteiger partial charge in [0.1, 0.15) is 6.04 Å². The van der Waals surface area contributed by atoms with Gasteiger partial charge >= 0.3 is 5.97 Å². The number of methoxy groups -OCH3 is 1. The molecule has 0 radical (unpaired) electrons. The Morgan fingerprint density at radius 3 is 3.00 bits per heavy atom. The van der Waals surface area contributed by atoms with E-state index >= 15 is 0 Å². The molecule has 4 nitrogen and oxygen atoms in total. The van der Waals surface area contributed by atoms with E-state index in [4.69, 9.17) is 16.3 Å². The largest absolute Gasteiger partial charge is 0.468 e. The van der Waals surface area contributed by atoms with Crippen LogP contribution in [0.3, 0.4) is 0 Å². The van der Waals surface area contributed by atoms with Crippen molar-refractivity contribution in [3.05, 3.63) is 36.0 Å². The number of benzene rings is 1. The van der Waals surface area contributed by atoms with Gasteiger partial charge < -0.3 is 9.72 Å². The molecule has 0 saturated carbocycles. The number of carbonyl (C=O) groups excluding carboxylic acids is 1. The van der Waals surface area contributed by atoms with E-state index in [9.17, 15) is 4.79 Å². The molecule has 5 heteroatoms. The zero-order valence-corrected chi connectivity index (χ0v) is 10.8. The van der Waals surface area contributed by atoms with E-state index in [1.807, 2.05) is 30.5 Å². The van der Waals surface area contributed by atoms with Crippen LogP contribution in [0.15, 0.2) is 30.5 Å². The molecule has 2 N–H and O–H groups in total. The standard InChI is InChI=1S/C13H15ClN2O2/c1-18-13(17)12(16-8-14)6-9-7-15-11-5-3-2-4-10(9)11/h2-5,7,12,15-16H,6,8H2,1H3/t12-/m0/s1. The number of aromatic nitrogens is 1. The molecule has 0 amide bonds. The minimum atomic E-state index is -0.424. The molecule has 0 aliphatic rings. The van der Waals surface area contributed by atoms with Gasteiger partial charge in [-0.15, -0.1) is 11.6 Å².